The van der Waals surface area contributed by atoms with Crippen molar-refractivity contribution in [3.05, 3.63) is 6.08 Å². The van der Waals surface area contributed by atoms with Crippen molar-refractivity contribution in [3.8, 4) is 0 Å². The average molecular weight is 287 g/mol. The Kier molecular flexibility index (Phi) is 6.98. The van der Waals surface area contributed by atoms with E-state index in [1.807, 2.05) is 0 Å². The minimum atomic E-state index is -6.16. The summed E-state index contributed by atoms with van der Waals surface area (Å²) < 4.78 is 76.1. The quantitative estimate of drug-likeness (QED) is 0.184. The second kappa shape index (κ2) is 6.34. The van der Waals surface area contributed by atoms with Crippen molar-refractivity contribution >= 4 is 33.1 Å². The van der Waals surface area contributed by atoms with Crippen LogP contribution in [0.4, 0.5) is 13.2 Å². The maximum Gasteiger partial charge on any atom is 1.00 e. The van der Waals surface area contributed by atoms with E-state index in [-0.39, 0.29) is 24.9 Å². The van der Waals surface area contributed by atoms with Crippen molar-refractivity contribution in [1.29, 1.82) is 0 Å². The Bertz CT molecular complexity index is 492. The summed E-state index contributed by atoms with van der Waals surface area (Å²) >= 11 is -3.81. The standard InChI is InChI=1S/C4H3F3N2O5S2.Li/c5-4(6,7)16(13,14)9(15(11)12)2-1-3(8)10;/h1H,(H2-,8,10,11,12);/q;+1. The molecule has 13 heteroatoms. The minimum Gasteiger partial charge on any atom is -0.714 e. The Morgan fingerprint density at radius 2 is 1.88 bits per heavy atom. The van der Waals surface area contributed by atoms with E-state index in [1.165, 1.54) is 0 Å². The molecule has 1 atom stereocenters. The van der Waals surface area contributed by atoms with Gasteiger partial charge in [-0.25, -0.2) is 0 Å². The number of hydrogen-bond acceptors (Lipinski definition) is 5. The first-order valence-corrected chi connectivity index (χ1v) is 5.57. The number of alkyl halides is 3. The van der Waals surface area contributed by atoms with Crippen LogP contribution >= 0.6 is 0 Å². The van der Waals surface area contributed by atoms with Gasteiger partial charge in [0.1, 0.15) is 6.08 Å². The molecule has 0 rings (SSSR count). The summed E-state index contributed by atoms with van der Waals surface area (Å²) in [6, 6.07) is 0. The molecule has 0 spiro atoms. The van der Waals surface area contributed by atoms with Crippen LogP contribution in [-0.4, -0.2) is 37.9 Å². The van der Waals surface area contributed by atoms with E-state index in [0.717, 1.165) is 5.87 Å². The van der Waals surface area contributed by atoms with E-state index in [4.69, 9.17) is 0 Å². The van der Waals surface area contributed by atoms with Crippen molar-refractivity contribution in [1.82, 2.24) is 0 Å². The molecule has 0 aromatic rings. The summed E-state index contributed by atoms with van der Waals surface area (Å²) in [5, 5.41) is 0. The molecule has 0 saturated carbocycles. The number of hydrogen-bond donors (Lipinski definition) is 1. The normalized spacial score (nSPS) is 12.9. The molecule has 0 aliphatic carbocycles. The number of halogens is 3. The van der Waals surface area contributed by atoms with Gasteiger partial charge < -0.3 is 10.3 Å². The van der Waals surface area contributed by atoms with Gasteiger partial charge in [0.25, 0.3) is 17.2 Å². The largest absolute Gasteiger partial charge is 1.00 e. The SMILES string of the molecule is NC(=O)C=C=[N+](S(=O)[O-])S(=O)(=O)C(F)(F)F.[Li+]. The van der Waals surface area contributed by atoms with E-state index in [2.05, 4.69) is 5.73 Å². The van der Waals surface area contributed by atoms with Gasteiger partial charge in [0.05, 0.1) is 0 Å². The molecule has 0 aliphatic heterocycles. The molecule has 0 heterocycles. The summed E-state index contributed by atoms with van der Waals surface area (Å²) in [5.41, 5.74) is -1.41. The molecule has 1 amide bonds. The molecule has 0 aliphatic rings. The molecule has 0 aromatic carbocycles. The number of nitrogens with zero attached hydrogens (tertiary/aromatic N) is 1. The maximum absolute atomic E-state index is 11.9. The molecule has 0 radical (unpaired) electrons. The fourth-order valence-corrected chi connectivity index (χ4v) is 1.82. The van der Waals surface area contributed by atoms with E-state index >= 15 is 0 Å². The molecule has 0 fully saturated rings. The van der Waals surface area contributed by atoms with E-state index < -0.39 is 36.1 Å². The zero-order valence-corrected chi connectivity index (χ0v) is 9.73. The Morgan fingerprint density at radius 3 is 2.12 bits per heavy atom. The van der Waals surface area contributed by atoms with Gasteiger partial charge in [0.2, 0.25) is 5.87 Å². The summed E-state index contributed by atoms with van der Waals surface area (Å²) in [6.07, 6.45) is 0.0269. The van der Waals surface area contributed by atoms with Gasteiger partial charge in [-0.15, -0.1) is 0 Å². The molecule has 0 aromatic heterocycles. The van der Waals surface area contributed by atoms with Crippen LogP contribution in [0, 0.1) is 0 Å². The molecular formula is C4H3F3LiN2O5S2+. The molecule has 92 valence electrons. The molecule has 0 bridgehead atoms. The predicted octanol–water partition coefficient (Wildman–Crippen LogP) is -4.64. The number of carbonyl (C=O) groups is 1. The van der Waals surface area contributed by atoms with Gasteiger partial charge in [0.15, 0.2) is 0 Å². The Balaban J connectivity index is 0. The van der Waals surface area contributed by atoms with Gasteiger partial charge in [-0.2, -0.15) is 25.8 Å². The smallest absolute Gasteiger partial charge is 0.714 e. The minimum absolute atomic E-state index is 0. The van der Waals surface area contributed by atoms with Gasteiger partial charge in [-0.3, -0.25) is 4.79 Å². The van der Waals surface area contributed by atoms with Crippen LogP contribution in [0.1, 0.15) is 0 Å². The first kappa shape index (κ1) is 18.7. The van der Waals surface area contributed by atoms with Gasteiger partial charge in [-0.05, 0) is 0 Å². The third-order valence-corrected chi connectivity index (χ3v) is 3.42. The Labute approximate surface area is 108 Å². The molecule has 17 heavy (non-hydrogen) atoms. The third kappa shape index (κ3) is 5.03. The van der Waals surface area contributed by atoms with Crippen LogP contribution in [-0.2, 0) is 26.1 Å². The van der Waals surface area contributed by atoms with Gasteiger partial charge in [-0.1, -0.05) is 0 Å². The van der Waals surface area contributed by atoms with Crippen LogP contribution in [0.5, 0.6) is 0 Å². The second-order valence-electron chi connectivity index (χ2n) is 2.07. The van der Waals surface area contributed by atoms with Gasteiger partial charge >= 0.3 is 34.4 Å². The molecule has 2 N–H and O–H groups in total. The van der Waals surface area contributed by atoms with Crippen molar-refractivity contribution in [2.75, 3.05) is 0 Å². The monoisotopic (exact) mass is 287 g/mol. The summed E-state index contributed by atoms with van der Waals surface area (Å²) in [7, 11) is -6.16. The van der Waals surface area contributed by atoms with Crippen LogP contribution in [0.2, 0.25) is 0 Å². The Morgan fingerprint density at radius 1 is 1.47 bits per heavy atom. The second-order valence-corrected chi connectivity index (χ2v) is 4.88. The van der Waals surface area contributed by atoms with Crippen molar-refractivity contribution in [2.24, 2.45) is 5.73 Å². The fourth-order valence-electron chi connectivity index (χ4n) is 0.403. The first-order valence-electron chi connectivity index (χ1n) is 3.10. The third-order valence-electron chi connectivity index (χ3n) is 0.958. The predicted molar refractivity (Wildman–Crippen MR) is 42.9 cm³/mol. The van der Waals surface area contributed by atoms with Gasteiger partial charge in [0, 0.05) is 3.39 Å². The summed E-state index contributed by atoms with van der Waals surface area (Å²) in [6.45, 7) is 0. The zero-order valence-electron chi connectivity index (χ0n) is 8.09. The number of sulfonamides is 1. The fraction of sp³-hybridized carbons (Fsp3) is 0.250. The van der Waals surface area contributed by atoms with Crippen molar-refractivity contribution in [3.63, 3.8) is 0 Å². The summed E-state index contributed by atoms with van der Waals surface area (Å²) in [5.74, 6) is -0.289. The van der Waals surface area contributed by atoms with E-state index in [0.29, 0.717) is 0 Å². The first-order chi connectivity index (χ1) is 7.00. The molecule has 7 nitrogen and oxygen atoms in total. The number of primary amides is 1. The topological polar surface area (TPSA) is 120 Å². The van der Waals surface area contributed by atoms with Crippen LogP contribution in [0.25, 0.3) is 0 Å². The molecule has 1 unspecified atom stereocenters. The molecular weight excluding hydrogens is 284 g/mol. The molecule has 0 saturated heterocycles. The number of amides is 1. The number of nitrogens with two attached hydrogens (primary N) is 1. The van der Waals surface area contributed by atoms with E-state index in [9.17, 15) is 35.1 Å². The summed E-state index contributed by atoms with van der Waals surface area (Å²) in [4.78, 5) is 10.1. The Hall–Kier alpha value is -0.633. The van der Waals surface area contributed by atoms with Crippen molar-refractivity contribution < 1.29 is 57.4 Å². The number of carbonyl (C=O) groups excluding carboxylic acids is 1. The van der Waals surface area contributed by atoms with Crippen molar-refractivity contribution in [2.45, 2.75) is 5.51 Å². The van der Waals surface area contributed by atoms with Crippen LogP contribution < -0.4 is 24.6 Å². The zero-order chi connectivity index (χ0) is 13.1. The van der Waals surface area contributed by atoms with E-state index in [1.54, 1.807) is 0 Å². The van der Waals surface area contributed by atoms with Crippen LogP contribution in [0.15, 0.2) is 6.08 Å². The van der Waals surface area contributed by atoms with Crippen LogP contribution in [0.3, 0.4) is 0 Å². The average Bonchev–Trinajstić information content (AvgIpc) is 1.99. The number of rotatable bonds is 3. The maximum atomic E-state index is 11.9.